The molecular formula is C24H19Cl2NO2S2. The second-order valence-corrected chi connectivity index (χ2v) is 9.63. The lowest BCUT2D eigenvalue weighted by atomic mass is 10.1. The van der Waals surface area contributed by atoms with Gasteiger partial charge in [-0.3, -0.25) is 9.69 Å². The minimum absolute atomic E-state index is 0.157. The number of thiocarbonyl (C=S) groups is 1. The van der Waals surface area contributed by atoms with E-state index in [1.54, 1.807) is 41.3 Å². The number of aryl methyl sites for hydroxylation is 1. The number of furan rings is 1. The lowest BCUT2D eigenvalue weighted by Gasteiger charge is -2.15. The Balaban J connectivity index is 1.55. The van der Waals surface area contributed by atoms with Gasteiger partial charge >= 0.3 is 0 Å². The van der Waals surface area contributed by atoms with Gasteiger partial charge in [0.15, 0.2) is 4.32 Å². The highest BCUT2D eigenvalue weighted by atomic mass is 35.5. The van der Waals surface area contributed by atoms with Gasteiger partial charge in [-0.05, 0) is 60.9 Å². The number of nitrogens with zero attached hydrogens (tertiary/aromatic N) is 1. The highest BCUT2D eigenvalue weighted by Crippen LogP contribution is 2.37. The minimum Gasteiger partial charge on any atom is -0.457 e. The van der Waals surface area contributed by atoms with Crippen molar-refractivity contribution in [3.8, 4) is 11.3 Å². The molecule has 0 N–H and O–H groups in total. The molecule has 0 bridgehead atoms. The zero-order chi connectivity index (χ0) is 22.0. The third-order valence-corrected chi connectivity index (χ3v) is 6.77. The van der Waals surface area contributed by atoms with Crippen LogP contribution in [0.5, 0.6) is 0 Å². The maximum atomic E-state index is 13.0. The quantitative estimate of drug-likeness (QED) is 0.260. The average Bonchev–Trinajstić information content (AvgIpc) is 3.33. The fourth-order valence-electron chi connectivity index (χ4n) is 3.27. The Hall–Kier alpha value is -2.05. The molecule has 0 saturated carbocycles. The molecule has 0 spiro atoms. The summed E-state index contributed by atoms with van der Waals surface area (Å²) in [5, 5.41) is 1.11. The van der Waals surface area contributed by atoms with Gasteiger partial charge in [0, 0.05) is 16.7 Å². The van der Waals surface area contributed by atoms with Crippen LogP contribution in [0.3, 0.4) is 0 Å². The molecule has 0 radical (unpaired) electrons. The molecule has 0 unspecified atom stereocenters. The lowest BCUT2D eigenvalue weighted by molar-refractivity contribution is -0.113. The van der Waals surface area contributed by atoms with Crippen molar-refractivity contribution in [2.24, 2.45) is 0 Å². The summed E-state index contributed by atoms with van der Waals surface area (Å²) in [6.45, 7) is 2.17. The fourth-order valence-corrected chi connectivity index (χ4v) is 4.94. The van der Waals surface area contributed by atoms with Gasteiger partial charge in [0.2, 0.25) is 0 Å². The number of amides is 1. The largest absolute Gasteiger partial charge is 0.457 e. The highest BCUT2D eigenvalue weighted by molar-refractivity contribution is 8.27. The Bertz CT molecular complexity index is 1170. The molecule has 158 valence electrons. The molecule has 2 aromatic carbocycles. The molecule has 1 aromatic heterocycles. The topological polar surface area (TPSA) is 33.5 Å². The molecule has 0 atom stereocenters. The van der Waals surface area contributed by atoms with Crippen molar-refractivity contribution in [2.75, 3.05) is 4.90 Å². The molecule has 0 aliphatic carbocycles. The number of unbranched alkanes of at least 4 members (excludes halogenated alkanes) is 1. The van der Waals surface area contributed by atoms with Crippen LogP contribution in [0.15, 0.2) is 63.9 Å². The summed E-state index contributed by atoms with van der Waals surface area (Å²) in [6, 6.07) is 16.8. The zero-order valence-corrected chi connectivity index (χ0v) is 19.9. The van der Waals surface area contributed by atoms with Crippen LogP contribution < -0.4 is 4.90 Å². The van der Waals surface area contributed by atoms with Gasteiger partial charge in [0.25, 0.3) is 5.91 Å². The number of benzene rings is 2. The summed E-state index contributed by atoms with van der Waals surface area (Å²) in [5.41, 5.74) is 2.73. The van der Waals surface area contributed by atoms with Crippen molar-refractivity contribution >= 4 is 69.2 Å². The summed E-state index contributed by atoms with van der Waals surface area (Å²) in [4.78, 5) is 15.1. The number of thioether (sulfide) groups is 1. The van der Waals surface area contributed by atoms with Crippen LogP contribution in [0, 0.1) is 0 Å². The predicted octanol–water partition coefficient (Wildman–Crippen LogP) is 8.00. The van der Waals surface area contributed by atoms with Crippen LogP contribution in [-0.2, 0) is 11.2 Å². The van der Waals surface area contributed by atoms with Crippen LogP contribution in [0.4, 0.5) is 5.69 Å². The second-order valence-electron chi connectivity index (χ2n) is 7.11. The van der Waals surface area contributed by atoms with Crippen molar-refractivity contribution in [3.05, 3.63) is 80.9 Å². The molecule has 1 aliphatic heterocycles. The van der Waals surface area contributed by atoms with Crippen LogP contribution >= 0.6 is 47.2 Å². The van der Waals surface area contributed by atoms with E-state index >= 15 is 0 Å². The molecule has 1 saturated heterocycles. The third-order valence-electron chi connectivity index (χ3n) is 4.90. The first-order chi connectivity index (χ1) is 15.0. The van der Waals surface area contributed by atoms with Gasteiger partial charge < -0.3 is 4.42 Å². The molecule has 31 heavy (non-hydrogen) atoms. The molecule has 1 fully saturated rings. The van der Waals surface area contributed by atoms with Gasteiger partial charge in [0.05, 0.1) is 15.6 Å². The summed E-state index contributed by atoms with van der Waals surface area (Å²) < 4.78 is 6.40. The zero-order valence-electron chi connectivity index (χ0n) is 16.7. The average molecular weight is 488 g/mol. The smallest absolute Gasteiger partial charge is 0.270 e. The number of rotatable bonds is 6. The van der Waals surface area contributed by atoms with Crippen molar-refractivity contribution < 1.29 is 9.21 Å². The first-order valence-corrected chi connectivity index (χ1v) is 11.9. The van der Waals surface area contributed by atoms with E-state index < -0.39 is 0 Å². The van der Waals surface area contributed by atoms with E-state index in [1.807, 2.05) is 12.1 Å². The van der Waals surface area contributed by atoms with E-state index in [0.29, 0.717) is 36.4 Å². The van der Waals surface area contributed by atoms with Crippen LogP contribution in [0.2, 0.25) is 10.0 Å². The van der Waals surface area contributed by atoms with Crippen molar-refractivity contribution in [1.82, 2.24) is 0 Å². The van der Waals surface area contributed by atoms with Crippen LogP contribution in [0.1, 0.15) is 31.1 Å². The first kappa shape index (κ1) is 22.2. The van der Waals surface area contributed by atoms with Gasteiger partial charge in [-0.1, -0.05) is 72.7 Å². The van der Waals surface area contributed by atoms with Crippen LogP contribution in [-0.4, -0.2) is 10.2 Å². The Kier molecular flexibility index (Phi) is 6.87. The van der Waals surface area contributed by atoms with E-state index in [-0.39, 0.29) is 5.91 Å². The number of carbonyl (C=O) groups excluding carboxylic acids is 1. The molecule has 2 heterocycles. The summed E-state index contributed by atoms with van der Waals surface area (Å²) in [7, 11) is 0. The molecule has 1 aliphatic rings. The van der Waals surface area contributed by atoms with Crippen LogP contribution in [0.25, 0.3) is 17.4 Å². The number of hydrogen-bond donors (Lipinski definition) is 0. The van der Waals surface area contributed by atoms with Gasteiger partial charge in [-0.25, -0.2) is 0 Å². The van der Waals surface area contributed by atoms with E-state index in [4.69, 9.17) is 39.8 Å². The first-order valence-electron chi connectivity index (χ1n) is 9.88. The van der Waals surface area contributed by atoms with Gasteiger partial charge in [0.1, 0.15) is 11.5 Å². The number of carbonyl (C=O) groups is 1. The van der Waals surface area contributed by atoms with Crippen molar-refractivity contribution in [3.63, 3.8) is 0 Å². The molecule has 4 rings (SSSR count). The Morgan fingerprint density at radius 1 is 1.10 bits per heavy atom. The Morgan fingerprint density at radius 2 is 1.87 bits per heavy atom. The Labute approximate surface area is 201 Å². The summed E-state index contributed by atoms with van der Waals surface area (Å²) in [6.07, 6.45) is 5.04. The summed E-state index contributed by atoms with van der Waals surface area (Å²) >= 11 is 19.1. The predicted molar refractivity (Wildman–Crippen MR) is 135 cm³/mol. The van der Waals surface area contributed by atoms with Gasteiger partial charge in [-0.15, -0.1) is 0 Å². The molecule has 3 nitrogen and oxygen atoms in total. The summed E-state index contributed by atoms with van der Waals surface area (Å²) in [5.74, 6) is 0.966. The highest BCUT2D eigenvalue weighted by Gasteiger charge is 2.33. The van der Waals surface area contributed by atoms with E-state index in [9.17, 15) is 4.79 Å². The number of hydrogen-bond acceptors (Lipinski definition) is 4. The molecule has 1 amide bonds. The molecule has 3 aromatic rings. The minimum atomic E-state index is -0.157. The standard InChI is InChI=1S/C24H19Cl2NO2S2/c1-2-3-4-15-5-8-17(9-6-15)27-23(28)22(31-24(27)30)14-18-10-12-21(29-18)19-13-16(25)7-11-20(19)26/h5-14H,2-4H2,1H3. The van der Waals surface area contributed by atoms with E-state index in [1.165, 1.54) is 17.3 Å². The molecule has 7 heteroatoms. The maximum absolute atomic E-state index is 13.0. The normalized spacial score (nSPS) is 15.3. The third kappa shape index (κ3) is 4.90. The van der Waals surface area contributed by atoms with E-state index in [2.05, 4.69) is 19.1 Å². The monoisotopic (exact) mass is 487 g/mol. The van der Waals surface area contributed by atoms with Gasteiger partial charge in [-0.2, -0.15) is 0 Å². The fraction of sp³-hybridized carbons (Fsp3) is 0.167. The Morgan fingerprint density at radius 3 is 2.61 bits per heavy atom. The number of halogens is 2. The van der Waals surface area contributed by atoms with Crippen molar-refractivity contribution in [1.29, 1.82) is 0 Å². The maximum Gasteiger partial charge on any atom is 0.270 e. The lowest BCUT2D eigenvalue weighted by Crippen LogP contribution is -2.27. The SMILES string of the molecule is CCCCc1ccc(N2C(=O)C(=Cc3ccc(-c4cc(Cl)ccc4Cl)o3)SC2=S)cc1. The second kappa shape index (κ2) is 9.61. The molecular weight excluding hydrogens is 469 g/mol. The van der Waals surface area contributed by atoms with E-state index in [0.717, 1.165) is 24.9 Å². The number of anilines is 1. The van der Waals surface area contributed by atoms with Crippen molar-refractivity contribution in [2.45, 2.75) is 26.2 Å².